The molecule has 3 rings (SSSR count). The highest BCUT2D eigenvalue weighted by atomic mass is 35.5. The zero-order valence-corrected chi connectivity index (χ0v) is 16.8. The van der Waals surface area contributed by atoms with Crippen LogP contribution in [-0.2, 0) is 22.6 Å². The predicted molar refractivity (Wildman–Crippen MR) is 111 cm³/mol. The quantitative estimate of drug-likeness (QED) is 0.752. The van der Waals surface area contributed by atoms with Gasteiger partial charge in [0.2, 0.25) is 11.8 Å². The fourth-order valence-corrected chi connectivity index (χ4v) is 3.70. The highest BCUT2D eigenvalue weighted by Crippen LogP contribution is 2.17. The molecule has 0 radical (unpaired) electrons. The molecule has 2 N–H and O–H groups in total. The summed E-state index contributed by atoms with van der Waals surface area (Å²) in [6.45, 7) is 4.56. The van der Waals surface area contributed by atoms with Gasteiger partial charge >= 0.3 is 0 Å². The third kappa shape index (κ3) is 5.33. The molecule has 1 aliphatic heterocycles. The maximum atomic E-state index is 12.4. The first-order valence-electron chi connectivity index (χ1n) is 9.61. The maximum Gasteiger partial charge on any atom is 0.237 e. The fourth-order valence-electron chi connectivity index (χ4n) is 3.47. The Bertz CT molecular complexity index is 840. The fraction of sp³-hybridized carbons (Fsp3) is 0.364. The Balaban J connectivity index is 1.56. The van der Waals surface area contributed by atoms with Gasteiger partial charge in [-0.05, 0) is 36.1 Å². The lowest BCUT2D eigenvalue weighted by Gasteiger charge is -2.35. The van der Waals surface area contributed by atoms with Crippen molar-refractivity contribution in [2.24, 2.45) is 0 Å². The van der Waals surface area contributed by atoms with Crippen LogP contribution in [0.4, 0.5) is 0 Å². The Morgan fingerprint density at radius 1 is 1.18 bits per heavy atom. The van der Waals surface area contributed by atoms with Gasteiger partial charge in [-0.25, -0.2) is 0 Å². The van der Waals surface area contributed by atoms with Crippen LogP contribution in [0.1, 0.15) is 23.1 Å². The van der Waals surface area contributed by atoms with E-state index in [1.54, 1.807) is 0 Å². The van der Waals surface area contributed by atoms with E-state index < -0.39 is 6.04 Å². The van der Waals surface area contributed by atoms with Crippen LogP contribution in [0, 0.1) is 6.92 Å². The number of hydrogen-bond acceptors (Lipinski definition) is 3. The second kappa shape index (κ2) is 9.71. The summed E-state index contributed by atoms with van der Waals surface area (Å²) in [7, 11) is 0. The number of benzene rings is 2. The number of halogens is 1. The number of aryl methyl sites for hydroxylation is 1. The molecule has 1 aliphatic rings. The van der Waals surface area contributed by atoms with E-state index in [-0.39, 0.29) is 18.2 Å². The van der Waals surface area contributed by atoms with E-state index in [1.807, 2.05) is 36.4 Å². The summed E-state index contributed by atoms with van der Waals surface area (Å²) in [6.07, 6.45) is 0.815. The number of carbonyl (C=O) groups is 2. The molecule has 5 nitrogen and oxygen atoms in total. The van der Waals surface area contributed by atoms with Gasteiger partial charge < -0.3 is 10.6 Å². The van der Waals surface area contributed by atoms with Gasteiger partial charge in [0.25, 0.3) is 0 Å². The maximum absolute atomic E-state index is 12.4. The molecule has 0 spiro atoms. The van der Waals surface area contributed by atoms with Crippen molar-refractivity contribution < 1.29 is 9.59 Å². The SMILES string of the molecule is Cc1ccccc1CN1CCNC(=O)[C@H]1CC(=O)NCCc1ccccc1Cl. The molecule has 0 unspecified atom stereocenters. The number of hydrogen-bond donors (Lipinski definition) is 2. The summed E-state index contributed by atoms with van der Waals surface area (Å²) in [4.78, 5) is 26.9. The van der Waals surface area contributed by atoms with Crippen LogP contribution in [0.3, 0.4) is 0 Å². The average Bonchev–Trinajstić information content (AvgIpc) is 2.68. The largest absolute Gasteiger partial charge is 0.356 e. The number of nitrogens with zero attached hydrogens (tertiary/aromatic N) is 1. The smallest absolute Gasteiger partial charge is 0.237 e. The molecule has 0 bridgehead atoms. The average molecular weight is 400 g/mol. The lowest BCUT2D eigenvalue weighted by molar-refractivity contribution is -0.134. The van der Waals surface area contributed by atoms with Crippen molar-refractivity contribution in [3.05, 3.63) is 70.2 Å². The van der Waals surface area contributed by atoms with E-state index in [1.165, 1.54) is 11.1 Å². The van der Waals surface area contributed by atoms with Gasteiger partial charge in [-0.2, -0.15) is 0 Å². The second-order valence-electron chi connectivity index (χ2n) is 7.10. The Morgan fingerprint density at radius 3 is 2.64 bits per heavy atom. The highest BCUT2D eigenvalue weighted by Gasteiger charge is 2.31. The number of amides is 2. The molecule has 0 saturated carbocycles. The third-order valence-electron chi connectivity index (χ3n) is 5.13. The van der Waals surface area contributed by atoms with Crippen molar-refractivity contribution in [3.8, 4) is 0 Å². The second-order valence-corrected chi connectivity index (χ2v) is 7.51. The van der Waals surface area contributed by atoms with Crippen LogP contribution < -0.4 is 10.6 Å². The van der Waals surface area contributed by atoms with Crippen molar-refractivity contribution in [2.75, 3.05) is 19.6 Å². The molecule has 2 aromatic rings. The molecule has 0 aliphatic carbocycles. The molecule has 148 valence electrons. The van der Waals surface area contributed by atoms with E-state index in [0.29, 0.717) is 31.1 Å². The molecule has 0 aromatic heterocycles. The zero-order valence-electron chi connectivity index (χ0n) is 16.1. The van der Waals surface area contributed by atoms with Crippen molar-refractivity contribution in [1.82, 2.24) is 15.5 Å². The summed E-state index contributed by atoms with van der Waals surface area (Å²) >= 11 is 6.15. The Hall–Kier alpha value is -2.37. The minimum absolute atomic E-state index is 0.0823. The molecule has 28 heavy (non-hydrogen) atoms. The molecule has 1 saturated heterocycles. The van der Waals surface area contributed by atoms with Crippen molar-refractivity contribution in [1.29, 1.82) is 0 Å². The molecule has 2 aromatic carbocycles. The lowest BCUT2D eigenvalue weighted by Crippen LogP contribution is -2.56. The minimum Gasteiger partial charge on any atom is -0.356 e. The number of rotatable bonds is 7. The van der Waals surface area contributed by atoms with Gasteiger partial charge in [0.05, 0.1) is 12.5 Å². The Kier molecular flexibility index (Phi) is 7.06. The first kappa shape index (κ1) is 20.4. The molecule has 1 fully saturated rings. The van der Waals surface area contributed by atoms with E-state index in [0.717, 1.165) is 12.1 Å². The summed E-state index contributed by atoms with van der Waals surface area (Å²) in [5.74, 6) is -0.204. The normalized spacial score (nSPS) is 17.2. The highest BCUT2D eigenvalue weighted by molar-refractivity contribution is 6.31. The summed E-state index contributed by atoms with van der Waals surface area (Å²) in [5.41, 5.74) is 3.37. The van der Waals surface area contributed by atoms with Gasteiger partial charge in [-0.15, -0.1) is 0 Å². The molecule has 1 atom stereocenters. The summed E-state index contributed by atoms with van der Waals surface area (Å²) in [6, 6.07) is 15.3. The molecule has 2 amide bonds. The van der Waals surface area contributed by atoms with Crippen LogP contribution in [-0.4, -0.2) is 42.4 Å². The van der Waals surface area contributed by atoms with Crippen LogP contribution in [0.2, 0.25) is 5.02 Å². The van der Waals surface area contributed by atoms with Crippen molar-refractivity contribution in [3.63, 3.8) is 0 Å². The van der Waals surface area contributed by atoms with E-state index >= 15 is 0 Å². The monoisotopic (exact) mass is 399 g/mol. The molecular formula is C22H26ClN3O2. The Labute approximate surface area is 171 Å². The topological polar surface area (TPSA) is 61.4 Å². The van der Waals surface area contributed by atoms with Crippen LogP contribution in [0.25, 0.3) is 0 Å². The van der Waals surface area contributed by atoms with Crippen LogP contribution in [0.5, 0.6) is 0 Å². The van der Waals surface area contributed by atoms with Gasteiger partial charge in [0.15, 0.2) is 0 Å². The summed E-state index contributed by atoms with van der Waals surface area (Å²) < 4.78 is 0. The van der Waals surface area contributed by atoms with E-state index in [9.17, 15) is 9.59 Å². The third-order valence-corrected chi connectivity index (χ3v) is 5.50. The Morgan fingerprint density at radius 2 is 1.89 bits per heavy atom. The van der Waals surface area contributed by atoms with Gasteiger partial charge in [-0.1, -0.05) is 54.1 Å². The van der Waals surface area contributed by atoms with Crippen LogP contribution in [0.15, 0.2) is 48.5 Å². The van der Waals surface area contributed by atoms with Crippen molar-refractivity contribution >= 4 is 23.4 Å². The lowest BCUT2D eigenvalue weighted by atomic mass is 10.0. The van der Waals surface area contributed by atoms with Crippen molar-refractivity contribution in [2.45, 2.75) is 32.4 Å². The van der Waals surface area contributed by atoms with Gasteiger partial charge in [0, 0.05) is 31.2 Å². The number of nitrogens with one attached hydrogen (secondary N) is 2. The zero-order chi connectivity index (χ0) is 19.9. The molecular weight excluding hydrogens is 374 g/mol. The first-order chi connectivity index (χ1) is 13.5. The van der Waals surface area contributed by atoms with Crippen LogP contribution >= 0.6 is 11.6 Å². The van der Waals surface area contributed by atoms with Gasteiger partial charge in [0.1, 0.15) is 0 Å². The minimum atomic E-state index is -0.450. The van der Waals surface area contributed by atoms with E-state index in [2.05, 4.69) is 34.6 Å². The van der Waals surface area contributed by atoms with Gasteiger partial charge in [-0.3, -0.25) is 14.5 Å². The molecule has 6 heteroatoms. The summed E-state index contributed by atoms with van der Waals surface area (Å²) in [5, 5.41) is 6.50. The number of carbonyl (C=O) groups excluding carboxylic acids is 2. The number of piperazine rings is 1. The standard InChI is InChI=1S/C22H26ClN3O2/c1-16-6-2-3-8-18(16)15-26-13-12-25-22(28)20(26)14-21(27)24-11-10-17-7-4-5-9-19(17)23/h2-9,20H,10-15H2,1H3,(H,24,27)(H,25,28)/t20-/m1/s1. The van der Waals surface area contributed by atoms with E-state index in [4.69, 9.17) is 11.6 Å². The predicted octanol–water partition coefficient (Wildman–Crippen LogP) is 2.70. The first-order valence-corrected chi connectivity index (χ1v) is 9.99. The molecule has 1 heterocycles.